The van der Waals surface area contributed by atoms with Gasteiger partial charge < -0.3 is 5.11 Å². The number of benzene rings is 1. The van der Waals surface area contributed by atoms with Gasteiger partial charge in [-0.05, 0) is 49.7 Å². The molecule has 0 amide bonds. The predicted octanol–water partition coefficient (Wildman–Crippen LogP) is 3.01. The minimum absolute atomic E-state index is 0.0460. The van der Waals surface area contributed by atoms with E-state index in [0.29, 0.717) is 5.92 Å². The summed E-state index contributed by atoms with van der Waals surface area (Å²) in [6.45, 7) is 2.18. The van der Waals surface area contributed by atoms with Crippen molar-refractivity contribution < 1.29 is 5.11 Å². The van der Waals surface area contributed by atoms with Crippen LogP contribution in [-0.4, -0.2) is 11.2 Å². The molecule has 1 aliphatic carbocycles. The summed E-state index contributed by atoms with van der Waals surface area (Å²) in [6, 6.07) is 8.63. The lowest BCUT2D eigenvalue weighted by molar-refractivity contribution is 0.122. The summed E-state index contributed by atoms with van der Waals surface area (Å²) in [5.41, 5.74) is 2.88. The lowest BCUT2D eigenvalue weighted by Crippen LogP contribution is -2.17. The molecule has 0 bridgehead atoms. The third-order valence-corrected chi connectivity index (χ3v) is 3.32. The van der Waals surface area contributed by atoms with Crippen LogP contribution in [0.4, 0.5) is 0 Å². The Morgan fingerprint density at radius 1 is 1.07 bits per heavy atom. The number of hydrogen-bond donors (Lipinski definition) is 1. The first-order valence-corrected chi connectivity index (χ1v) is 5.51. The van der Waals surface area contributed by atoms with Gasteiger partial charge in [0.25, 0.3) is 0 Å². The van der Waals surface area contributed by atoms with Crippen LogP contribution in [0.3, 0.4) is 0 Å². The molecule has 0 spiro atoms. The van der Waals surface area contributed by atoms with Crippen LogP contribution in [0, 0.1) is 6.92 Å². The molecule has 1 heteroatoms. The van der Waals surface area contributed by atoms with Gasteiger partial charge >= 0.3 is 0 Å². The molecule has 0 aromatic heterocycles. The Morgan fingerprint density at radius 2 is 1.71 bits per heavy atom. The quantitative estimate of drug-likeness (QED) is 0.721. The third kappa shape index (κ3) is 1.98. The Labute approximate surface area is 85.8 Å². The maximum absolute atomic E-state index is 9.44. The Kier molecular flexibility index (Phi) is 2.87. The van der Waals surface area contributed by atoms with E-state index < -0.39 is 0 Å². The highest BCUT2D eigenvalue weighted by atomic mass is 16.3. The lowest BCUT2D eigenvalue weighted by Gasteiger charge is -2.26. The highest BCUT2D eigenvalue weighted by Gasteiger charge is 2.21. The molecule has 0 unspecified atom stereocenters. The van der Waals surface area contributed by atoms with Crippen molar-refractivity contribution in [2.75, 3.05) is 0 Å². The van der Waals surface area contributed by atoms with Crippen LogP contribution in [0.1, 0.15) is 42.7 Å². The van der Waals surface area contributed by atoms with E-state index >= 15 is 0 Å². The summed E-state index contributed by atoms with van der Waals surface area (Å²) in [5.74, 6) is 0.680. The molecule has 1 aromatic rings. The molecule has 0 saturated heterocycles. The Bertz CT molecular complexity index is 298. The maximum atomic E-state index is 9.44. The minimum atomic E-state index is -0.0460. The first kappa shape index (κ1) is 9.72. The molecule has 1 aromatic carbocycles. The zero-order chi connectivity index (χ0) is 9.97. The van der Waals surface area contributed by atoms with E-state index in [9.17, 15) is 5.11 Å². The van der Waals surface area contributed by atoms with Crippen molar-refractivity contribution in [3.8, 4) is 0 Å². The van der Waals surface area contributed by atoms with Crippen LogP contribution >= 0.6 is 0 Å². The van der Waals surface area contributed by atoms with Gasteiger partial charge in [-0.2, -0.15) is 0 Å². The van der Waals surface area contributed by atoms with Gasteiger partial charge in [-0.25, -0.2) is 0 Å². The molecule has 1 nitrogen and oxygen atoms in total. The van der Waals surface area contributed by atoms with Gasteiger partial charge in [0.1, 0.15) is 0 Å². The summed E-state index contributed by atoms with van der Waals surface area (Å²) in [4.78, 5) is 0. The van der Waals surface area contributed by atoms with Gasteiger partial charge in [-0.1, -0.05) is 24.3 Å². The molecule has 0 radical (unpaired) electrons. The van der Waals surface area contributed by atoms with E-state index in [2.05, 4.69) is 31.2 Å². The highest BCUT2D eigenvalue weighted by Crippen LogP contribution is 2.34. The van der Waals surface area contributed by atoms with Crippen molar-refractivity contribution in [1.82, 2.24) is 0 Å². The molecule has 1 N–H and O–H groups in total. The van der Waals surface area contributed by atoms with Crippen molar-refractivity contribution in [2.45, 2.75) is 44.6 Å². The molecule has 76 valence electrons. The maximum Gasteiger partial charge on any atom is 0.0540 e. The average Bonchev–Trinajstić information content (AvgIpc) is 2.20. The monoisotopic (exact) mass is 190 g/mol. The zero-order valence-corrected chi connectivity index (χ0v) is 8.74. The number of aliphatic hydroxyl groups is 1. The number of aryl methyl sites for hydroxylation is 1. The van der Waals surface area contributed by atoms with Gasteiger partial charge in [0.2, 0.25) is 0 Å². The van der Waals surface area contributed by atoms with E-state index in [0.717, 1.165) is 25.7 Å². The number of rotatable bonds is 1. The Morgan fingerprint density at radius 3 is 2.36 bits per heavy atom. The standard InChI is InChI=1S/C13H18O/c1-10-4-2-3-5-13(10)11-6-8-12(14)9-7-11/h2-5,11-12,14H,6-9H2,1H3. The van der Waals surface area contributed by atoms with Gasteiger partial charge in [0.15, 0.2) is 0 Å². The summed E-state index contributed by atoms with van der Waals surface area (Å²) in [5, 5.41) is 9.44. The summed E-state index contributed by atoms with van der Waals surface area (Å²) < 4.78 is 0. The molecule has 1 saturated carbocycles. The average molecular weight is 190 g/mol. The first-order valence-electron chi connectivity index (χ1n) is 5.51. The normalized spacial score (nSPS) is 27.6. The number of hydrogen-bond acceptors (Lipinski definition) is 1. The van der Waals surface area contributed by atoms with Gasteiger partial charge in [-0.15, -0.1) is 0 Å². The molecular formula is C13H18O. The molecule has 0 aliphatic heterocycles. The van der Waals surface area contributed by atoms with Crippen LogP contribution < -0.4 is 0 Å². The molecular weight excluding hydrogens is 172 g/mol. The fraction of sp³-hybridized carbons (Fsp3) is 0.538. The van der Waals surface area contributed by atoms with Crippen LogP contribution in [0.15, 0.2) is 24.3 Å². The molecule has 14 heavy (non-hydrogen) atoms. The zero-order valence-electron chi connectivity index (χ0n) is 8.74. The molecule has 1 fully saturated rings. The highest BCUT2D eigenvalue weighted by molar-refractivity contribution is 5.29. The third-order valence-electron chi connectivity index (χ3n) is 3.32. The summed E-state index contributed by atoms with van der Waals surface area (Å²) >= 11 is 0. The van der Waals surface area contributed by atoms with E-state index in [4.69, 9.17) is 0 Å². The fourth-order valence-corrected chi connectivity index (χ4v) is 2.43. The van der Waals surface area contributed by atoms with Crippen molar-refractivity contribution in [3.05, 3.63) is 35.4 Å². The smallest absolute Gasteiger partial charge is 0.0540 e. The topological polar surface area (TPSA) is 20.2 Å². The van der Waals surface area contributed by atoms with Crippen molar-refractivity contribution in [3.63, 3.8) is 0 Å². The second-order valence-corrected chi connectivity index (χ2v) is 4.36. The molecule has 0 atom stereocenters. The van der Waals surface area contributed by atoms with Crippen LogP contribution in [0.5, 0.6) is 0 Å². The van der Waals surface area contributed by atoms with Gasteiger partial charge in [0.05, 0.1) is 6.10 Å². The SMILES string of the molecule is Cc1ccccc1C1CCC(O)CC1. The fourth-order valence-electron chi connectivity index (χ4n) is 2.43. The summed E-state index contributed by atoms with van der Waals surface area (Å²) in [6.07, 6.45) is 4.19. The van der Waals surface area contributed by atoms with Crippen molar-refractivity contribution in [1.29, 1.82) is 0 Å². The van der Waals surface area contributed by atoms with Gasteiger partial charge in [-0.3, -0.25) is 0 Å². The van der Waals surface area contributed by atoms with Crippen molar-refractivity contribution in [2.24, 2.45) is 0 Å². The molecule has 1 aliphatic rings. The second kappa shape index (κ2) is 4.14. The second-order valence-electron chi connectivity index (χ2n) is 4.36. The number of aliphatic hydroxyl groups excluding tert-OH is 1. The molecule has 0 heterocycles. The van der Waals surface area contributed by atoms with Crippen LogP contribution in [-0.2, 0) is 0 Å². The predicted molar refractivity (Wildman–Crippen MR) is 58.4 cm³/mol. The minimum Gasteiger partial charge on any atom is -0.393 e. The Balaban J connectivity index is 2.12. The summed E-state index contributed by atoms with van der Waals surface area (Å²) in [7, 11) is 0. The Hall–Kier alpha value is -0.820. The van der Waals surface area contributed by atoms with Crippen molar-refractivity contribution >= 4 is 0 Å². The molecule has 2 rings (SSSR count). The van der Waals surface area contributed by atoms with E-state index in [1.54, 1.807) is 0 Å². The van der Waals surface area contributed by atoms with E-state index in [-0.39, 0.29) is 6.10 Å². The van der Waals surface area contributed by atoms with Crippen LogP contribution in [0.25, 0.3) is 0 Å². The van der Waals surface area contributed by atoms with E-state index in [1.807, 2.05) is 0 Å². The lowest BCUT2D eigenvalue weighted by atomic mass is 9.81. The van der Waals surface area contributed by atoms with Gasteiger partial charge in [0, 0.05) is 0 Å². The largest absolute Gasteiger partial charge is 0.393 e. The first-order chi connectivity index (χ1) is 6.77. The van der Waals surface area contributed by atoms with Crippen LogP contribution in [0.2, 0.25) is 0 Å². The van der Waals surface area contributed by atoms with E-state index in [1.165, 1.54) is 11.1 Å².